The van der Waals surface area contributed by atoms with Crippen LogP contribution in [0.3, 0.4) is 0 Å². The first-order chi connectivity index (χ1) is 18.1. The maximum Gasteiger partial charge on any atom is 0.303 e. The van der Waals surface area contributed by atoms with Crippen LogP contribution in [0, 0.1) is 34.0 Å². The predicted octanol–water partition coefficient (Wildman–Crippen LogP) is 2.95. The molecule has 3 aliphatic carbocycles. The highest BCUT2D eigenvalue weighted by Crippen LogP contribution is 2.70. The van der Waals surface area contributed by atoms with Crippen LogP contribution in [-0.4, -0.2) is 67.3 Å². The molecular weight excluding hydrogens is 508 g/mol. The normalized spacial score (nSPS) is 41.6. The molecule has 10 heteroatoms. The van der Waals surface area contributed by atoms with E-state index in [1.54, 1.807) is 19.9 Å². The number of allylic oxidation sites excluding steroid dienone is 1. The summed E-state index contributed by atoms with van der Waals surface area (Å²) < 4.78 is 29.8. The predicted molar refractivity (Wildman–Crippen MR) is 136 cm³/mol. The number of carbonyl (C=O) groups excluding carboxylic acids is 5. The Kier molecular flexibility index (Phi) is 7.51. The summed E-state index contributed by atoms with van der Waals surface area (Å²) in [5.41, 5.74) is -2.13. The van der Waals surface area contributed by atoms with Gasteiger partial charge in [0.15, 0.2) is 11.9 Å². The van der Waals surface area contributed by atoms with Crippen LogP contribution < -0.4 is 0 Å². The Morgan fingerprint density at radius 1 is 0.974 bits per heavy atom. The number of hydrogen-bond acceptors (Lipinski definition) is 10. The van der Waals surface area contributed by atoms with Crippen LogP contribution in [-0.2, 0) is 47.7 Å². The molecule has 0 radical (unpaired) electrons. The number of carbonyl (C=O) groups is 5. The first-order valence-electron chi connectivity index (χ1n) is 13.6. The molecule has 0 spiro atoms. The van der Waals surface area contributed by atoms with E-state index in [1.807, 2.05) is 6.92 Å². The van der Waals surface area contributed by atoms with Crippen molar-refractivity contribution in [3.8, 4) is 0 Å². The number of ketones is 1. The minimum absolute atomic E-state index is 0.0404. The zero-order valence-corrected chi connectivity index (χ0v) is 24.0. The Hall–Kier alpha value is -2.75. The summed E-state index contributed by atoms with van der Waals surface area (Å²) in [6.45, 7) is 13.1. The second-order valence-corrected chi connectivity index (χ2v) is 12.2. The van der Waals surface area contributed by atoms with Gasteiger partial charge in [-0.25, -0.2) is 0 Å². The third-order valence-corrected chi connectivity index (χ3v) is 10.0. The van der Waals surface area contributed by atoms with Crippen molar-refractivity contribution in [3.05, 3.63) is 11.6 Å². The van der Waals surface area contributed by atoms with Crippen molar-refractivity contribution < 1.29 is 47.7 Å². The fraction of sp³-hybridized carbons (Fsp3) is 0.759. The van der Waals surface area contributed by atoms with Crippen LogP contribution in [0.2, 0.25) is 0 Å². The van der Waals surface area contributed by atoms with E-state index in [9.17, 15) is 24.0 Å². The van der Waals surface area contributed by atoms with Crippen molar-refractivity contribution in [2.24, 2.45) is 34.0 Å². The van der Waals surface area contributed by atoms with E-state index in [2.05, 4.69) is 6.92 Å². The van der Waals surface area contributed by atoms with E-state index in [0.29, 0.717) is 25.0 Å². The van der Waals surface area contributed by atoms with Crippen LogP contribution in [0.5, 0.6) is 0 Å². The SMILES string of the molecule is CC(=O)O[C@H]1[C@H]2[C@@](C)(CC[C@@H]3C(=O)C(C)=C[C@@H](OC(C)=O)[C@@]32C)[C@@H]2COC[C@]2([C@H](C)OC(C)=O)[C@H]1OC(C)=O. The summed E-state index contributed by atoms with van der Waals surface area (Å²) in [5, 5.41) is 0. The number of rotatable bonds is 5. The average molecular weight is 549 g/mol. The lowest BCUT2D eigenvalue weighted by molar-refractivity contribution is -0.283. The first-order valence-corrected chi connectivity index (χ1v) is 13.6. The van der Waals surface area contributed by atoms with E-state index in [4.69, 9.17) is 23.7 Å². The largest absolute Gasteiger partial charge is 0.462 e. The molecule has 0 bridgehead atoms. The molecule has 4 rings (SSSR count). The van der Waals surface area contributed by atoms with Crippen LogP contribution in [0.1, 0.15) is 68.2 Å². The third kappa shape index (κ3) is 4.39. The van der Waals surface area contributed by atoms with E-state index in [1.165, 1.54) is 27.7 Å². The molecule has 10 nitrogen and oxygen atoms in total. The molecule has 39 heavy (non-hydrogen) atoms. The molecule has 2 saturated carbocycles. The highest BCUT2D eigenvalue weighted by Gasteiger charge is 2.76. The van der Waals surface area contributed by atoms with Gasteiger partial charge in [-0.2, -0.15) is 0 Å². The number of esters is 4. The zero-order chi connectivity index (χ0) is 29.1. The molecule has 1 heterocycles. The molecule has 0 aromatic carbocycles. The van der Waals surface area contributed by atoms with Crippen LogP contribution in [0.25, 0.3) is 0 Å². The molecule has 0 amide bonds. The van der Waals surface area contributed by atoms with E-state index in [-0.39, 0.29) is 18.3 Å². The molecule has 10 atom stereocenters. The average Bonchev–Trinajstić information content (AvgIpc) is 3.26. The van der Waals surface area contributed by atoms with Gasteiger partial charge in [0.1, 0.15) is 18.3 Å². The number of Topliss-reactive ketones (excluding diaryl/α,β-unsaturated/α-hetero) is 1. The van der Waals surface area contributed by atoms with Gasteiger partial charge in [-0.15, -0.1) is 0 Å². The highest BCUT2D eigenvalue weighted by atomic mass is 16.6. The molecule has 0 aromatic heterocycles. The molecule has 1 saturated heterocycles. The van der Waals surface area contributed by atoms with Crippen LogP contribution in [0.4, 0.5) is 0 Å². The van der Waals surface area contributed by atoms with Gasteiger partial charge >= 0.3 is 23.9 Å². The van der Waals surface area contributed by atoms with Gasteiger partial charge < -0.3 is 23.7 Å². The van der Waals surface area contributed by atoms with Gasteiger partial charge in [-0.05, 0) is 43.8 Å². The Bertz CT molecular complexity index is 1110. The van der Waals surface area contributed by atoms with Crippen LogP contribution >= 0.6 is 0 Å². The maximum absolute atomic E-state index is 13.6. The number of ether oxygens (including phenoxy) is 5. The van der Waals surface area contributed by atoms with Crippen LogP contribution in [0.15, 0.2) is 11.6 Å². The Balaban J connectivity index is 2.01. The standard InChI is InChI=1S/C29H40O10/c1-14-11-22(37-17(4)31)28(8)20(23(14)34)9-10-27(7)21-12-35-13-29(21,15(2)36-16(3)30)26(39-19(6)33)24(25(27)28)38-18(5)32/h11,15,20-22,24-26H,9-10,12-13H2,1-8H3/t15-,20+,21-,22+,24-,25-,26-,27-,28+,29+/m0/s1. The highest BCUT2D eigenvalue weighted by molar-refractivity contribution is 5.98. The molecule has 216 valence electrons. The fourth-order valence-corrected chi connectivity index (χ4v) is 8.70. The molecule has 0 unspecified atom stereocenters. The molecular formula is C29H40O10. The van der Waals surface area contributed by atoms with Gasteiger partial charge in [-0.3, -0.25) is 24.0 Å². The Morgan fingerprint density at radius 2 is 1.59 bits per heavy atom. The summed E-state index contributed by atoms with van der Waals surface area (Å²) in [5.74, 6) is -3.59. The molecule has 0 aromatic rings. The number of hydrogen-bond donors (Lipinski definition) is 0. The van der Waals surface area contributed by atoms with Gasteiger partial charge in [0.25, 0.3) is 0 Å². The van der Waals surface area contributed by atoms with E-state index in [0.717, 1.165) is 0 Å². The fourth-order valence-electron chi connectivity index (χ4n) is 8.70. The van der Waals surface area contributed by atoms with Gasteiger partial charge in [0.05, 0.1) is 18.6 Å². The minimum Gasteiger partial charge on any atom is -0.462 e. The topological polar surface area (TPSA) is 132 Å². The summed E-state index contributed by atoms with van der Waals surface area (Å²) in [6.07, 6.45) is -0.813. The van der Waals surface area contributed by atoms with Crippen molar-refractivity contribution >= 4 is 29.7 Å². The van der Waals surface area contributed by atoms with Crippen molar-refractivity contribution in [3.63, 3.8) is 0 Å². The molecule has 3 fully saturated rings. The van der Waals surface area contributed by atoms with Crippen molar-refractivity contribution in [2.75, 3.05) is 13.2 Å². The zero-order valence-electron chi connectivity index (χ0n) is 24.0. The monoisotopic (exact) mass is 548 g/mol. The lowest BCUT2D eigenvalue weighted by Crippen LogP contribution is -2.74. The first kappa shape index (κ1) is 29.2. The molecule has 1 aliphatic heterocycles. The van der Waals surface area contributed by atoms with E-state index < -0.39 is 76.4 Å². The Morgan fingerprint density at radius 3 is 2.15 bits per heavy atom. The Labute approximate surface area is 229 Å². The summed E-state index contributed by atoms with van der Waals surface area (Å²) >= 11 is 0. The lowest BCUT2D eigenvalue weighted by atomic mass is 9.37. The van der Waals surface area contributed by atoms with Crippen molar-refractivity contribution in [1.29, 1.82) is 0 Å². The summed E-state index contributed by atoms with van der Waals surface area (Å²) in [7, 11) is 0. The maximum atomic E-state index is 13.6. The quantitative estimate of drug-likeness (QED) is 0.373. The lowest BCUT2D eigenvalue weighted by Gasteiger charge is -2.68. The second-order valence-electron chi connectivity index (χ2n) is 12.2. The molecule has 4 aliphatic rings. The van der Waals surface area contributed by atoms with Crippen molar-refractivity contribution in [1.82, 2.24) is 0 Å². The smallest absolute Gasteiger partial charge is 0.303 e. The number of fused-ring (bicyclic) bond motifs is 5. The second kappa shape index (κ2) is 10.0. The third-order valence-electron chi connectivity index (χ3n) is 10.0. The summed E-state index contributed by atoms with van der Waals surface area (Å²) in [4.78, 5) is 63.3. The summed E-state index contributed by atoms with van der Waals surface area (Å²) in [6, 6.07) is 0. The van der Waals surface area contributed by atoms with E-state index >= 15 is 0 Å². The van der Waals surface area contributed by atoms with Gasteiger partial charge in [0, 0.05) is 50.9 Å². The van der Waals surface area contributed by atoms with Gasteiger partial charge in [0.2, 0.25) is 0 Å². The molecule has 0 N–H and O–H groups in total. The van der Waals surface area contributed by atoms with Crippen molar-refractivity contribution in [2.45, 2.75) is 92.6 Å². The van der Waals surface area contributed by atoms with Gasteiger partial charge in [-0.1, -0.05) is 13.8 Å². The minimum atomic E-state index is -1.05.